The number of aryl methyl sites for hydroxylation is 3. The van der Waals surface area contributed by atoms with Crippen molar-refractivity contribution in [1.29, 1.82) is 0 Å². The summed E-state index contributed by atoms with van der Waals surface area (Å²) < 4.78 is 5.66. The summed E-state index contributed by atoms with van der Waals surface area (Å²) >= 11 is 0. The van der Waals surface area contributed by atoms with Crippen LogP contribution in [0, 0.1) is 0 Å². The smallest absolute Gasteiger partial charge is 0.162 e. The van der Waals surface area contributed by atoms with Gasteiger partial charge < -0.3 is 4.57 Å². The van der Waals surface area contributed by atoms with Crippen molar-refractivity contribution in [3.63, 3.8) is 0 Å². The van der Waals surface area contributed by atoms with E-state index in [0.29, 0.717) is 0 Å². The summed E-state index contributed by atoms with van der Waals surface area (Å²) in [6, 6.07) is 9.92. The highest BCUT2D eigenvalue weighted by Gasteiger charge is 2.11. The first-order valence-electron chi connectivity index (χ1n) is 7.76. The van der Waals surface area contributed by atoms with Crippen LogP contribution in [0.15, 0.2) is 61.3 Å². The number of aromatic nitrogens is 7. The average molecular weight is 319 g/mol. The number of nitrogens with zero attached hydrogens (tertiary/aromatic N) is 7. The Morgan fingerprint density at radius 3 is 2.75 bits per heavy atom. The maximum atomic E-state index is 4.44. The molecule has 0 fully saturated rings. The van der Waals surface area contributed by atoms with Gasteiger partial charge >= 0.3 is 0 Å². The van der Waals surface area contributed by atoms with Gasteiger partial charge in [0.25, 0.3) is 0 Å². The predicted octanol–water partition coefficient (Wildman–Crippen LogP) is 2.11. The van der Waals surface area contributed by atoms with Crippen molar-refractivity contribution in [1.82, 2.24) is 34.3 Å². The molecule has 3 aromatic heterocycles. The highest BCUT2D eigenvalue weighted by atomic mass is 15.4. The molecule has 0 N–H and O–H groups in total. The fourth-order valence-corrected chi connectivity index (χ4v) is 2.65. The van der Waals surface area contributed by atoms with Gasteiger partial charge in [-0.2, -0.15) is 5.10 Å². The van der Waals surface area contributed by atoms with Crippen molar-refractivity contribution < 1.29 is 0 Å². The largest absolute Gasteiger partial charge is 0.329 e. The number of imidazole rings is 1. The van der Waals surface area contributed by atoms with Crippen LogP contribution in [-0.4, -0.2) is 34.3 Å². The SMILES string of the molecule is Cn1cc(CCn2ccnc2-c2cn(-c3ccccc3)nn2)cn1. The van der Waals surface area contributed by atoms with Gasteiger partial charge in [0.2, 0.25) is 0 Å². The molecule has 0 atom stereocenters. The molecule has 0 saturated heterocycles. The molecule has 3 heterocycles. The maximum Gasteiger partial charge on any atom is 0.162 e. The molecule has 0 saturated carbocycles. The van der Waals surface area contributed by atoms with Crippen molar-refractivity contribution in [3.05, 3.63) is 66.9 Å². The number of benzene rings is 1. The van der Waals surface area contributed by atoms with Crippen molar-refractivity contribution in [3.8, 4) is 17.2 Å². The average Bonchev–Trinajstić information content (AvgIpc) is 3.34. The van der Waals surface area contributed by atoms with E-state index in [1.54, 1.807) is 10.9 Å². The standard InChI is InChI=1S/C17H17N7/c1-22-12-14(11-19-22)7-9-23-10-8-18-17(23)16-13-24(21-20-16)15-5-3-2-4-6-15/h2-6,8,10-13H,7,9H2,1H3. The molecule has 0 spiro atoms. The molecule has 24 heavy (non-hydrogen) atoms. The summed E-state index contributed by atoms with van der Waals surface area (Å²) in [6.45, 7) is 0.819. The Balaban J connectivity index is 1.55. The first-order valence-corrected chi connectivity index (χ1v) is 7.76. The molecule has 120 valence electrons. The minimum absolute atomic E-state index is 0.759. The van der Waals surface area contributed by atoms with Crippen LogP contribution in [-0.2, 0) is 20.0 Å². The van der Waals surface area contributed by atoms with Gasteiger partial charge in [0.1, 0.15) is 5.69 Å². The van der Waals surface area contributed by atoms with Crippen LogP contribution in [0.4, 0.5) is 0 Å². The molecule has 7 nitrogen and oxygen atoms in total. The van der Waals surface area contributed by atoms with E-state index in [9.17, 15) is 0 Å². The molecule has 4 rings (SSSR count). The Morgan fingerprint density at radius 1 is 1.08 bits per heavy atom. The molecular weight excluding hydrogens is 302 g/mol. The highest BCUT2D eigenvalue weighted by Crippen LogP contribution is 2.16. The summed E-state index contributed by atoms with van der Waals surface area (Å²) in [5, 5.41) is 12.7. The van der Waals surface area contributed by atoms with Crippen molar-refractivity contribution in [2.24, 2.45) is 7.05 Å². The van der Waals surface area contributed by atoms with Crippen LogP contribution in [0.2, 0.25) is 0 Å². The van der Waals surface area contributed by atoms with Gasteiger partial charge in [-0.15, -0.1) is 5.10 Å². The van der Waals surface area contributed by atoms with E-state index in [1.807, 2.05) is 66.8 Å². The van der Waals surface area contributed by atoms with E-state index >= 15 is 0 Å². The second-order valence-electron chi connectivity index (χ2n) is 5.60. The number of hydrogen-bond donors (Lipinski definition) is 0. The molecule has 0 aliphatic carbocycles. The van der Waals surface area contributed by atoms with E-state index in [2.05, 4.69) is 25.0 Å². The number of para-hydroxylation sites is 1. The van der Waals surface area contributed by atoms with Gasteiger partial charge in [-0.05, 0) is 24.1 Å². The van der Waals surface area contributed by atoms with Crippen LogP contribution >= 0.6 is 0 Å². The molecular formula is C17H17N7. The topological polar surface area (TPSA) is 66.3 Å². The summed E-state index contributed by atoms with van der Waals surface area (Å²) in [6.07, 6.45) is 10.5. The Bertz CT molecular complexity index is 933. The first kappa shape index (κ1) is 14.4. The van der Waals surface area contributed by atoms with Crippen LogP contribution < -0.4 is 0 Å². The molecule has 0 aliphatic rings. The minimum atomic E-state index is 0.759. The zero-order valence-electron chi connectivity index (χ0n) is 13.3. The fraction of sp³-hybridized carbons (Fsp3) is 0.176. The minimum Gasteiger partial charge on any atom is -0.329 e. The Hall–Kier alpha value is -3.22. The predicted molar refractivity (Wildman–Crippen MR) is 89.5 cm³/mol. The fourth-order valence-electron chi connectivity index (χ4n) is 2.65. The third-order valence-electron chi connectivity index (χ3n) is 3.86. The van der Waals surface area contributed by atoms with Gasteiger partial charge in [0.05, 0.1) is 18.1 Å². The first-order chi connectivity index (χ1) is 11.8. The number of rotatable bonds is 5. The third-order valence-corrected chi connectivity index (χ3v) is 3.86. The molecule has 4 aromatic rings. The van der Waals surface area contributed by atoms with E-state index in [0.717, 1.165) is 30.2 Å². The lowest BCUT2D eigenvalue weighted by Gasteiger charge is -2.04. The molecule has 0 radical (unpaired) electrons. The van der Waals surface area contributed by atoms with Crippen LogP contribution in [0.1, 0.15) is 5.56 Å². The second kappa shape index (κ2) is 6.11. The van der Waals surface area contributed by atoms with Gasteiger partial charge in [-0.25, -0.2) is 9.67 Å². The summed E-state index contributed by atoms with van der Waals surface area (Å²) in [5.41, 5.74) is 2.94. The summed E-state index contributed by atoms with van der Waals surface area (Å²) in [4.78, 5) is 4.44. The van der Waals surface area contributed by atoms with E-state index in [-0.39, 0.29) is 0 Å². The van der Waals surface area contributed by atoms with Gasteiger partial charge in [0.15, 0.2) is 5.82 Å². The van der Waals surface area contributed by atoms with Gasteiger partial charge in [-0.1, -0.05) is 23.4 Å². The lowest BCUT2D eigenvalue weighted by Crippen LogP contribution is -2.02. The van der Waals surface area contributed by atoms with Crippen LogP contribution in [0.5, 0.6) is 0 Å². The lowest BCUT2D eigenvalue weighted by molar-refractivity contribution is 0.699. The van der Waals surface area contributed by atoms with Gasteiger partial charge in [0, 0.05) is 32.2 Å². The van der Waals surface area contributed by atoms with Crippen molar-refractivity contribution in [2.75, 3.05) is 0 Å². The van der Waals surface area contributed by atoms with Crippen LogP contribution in [0.3, 0.4) is 0 Å². The molecule has 1 aromatic carbocycles. The maximum absolute atomic E-state index is 4.44. The lowest BCUT2D eigenvalue weighted by atomic mass is 10.2. The third kappa shape index (κ3) is 2.83. The molecule has 0 aliphatic heterocycles. The summed E-state index contributed by atoms with van der Waals surface area (Å²) in [5.74, 6) is 0.820. The normalized spacial score (nSPS) is 11.0. The molecule has 0 bridgehead atoms. The highest BCUT2D eigenvalue weighted by molar-refractivity contribution is 5.48. The summed E-state index contributed by atoms with van der Waals surface area (Å²) in [7, 11) is 1.92. The van der Waals surface area contributed by atoms with E-state index in [4.69, 9.17) is 0 Å². The molecule has 0 amide bonds. The molecule has 0 unspecified atom stereocenters. The van der Waals surface area contributed by atoms with Crippen molar-refractivity contribution >= 4 is 0 Å². The van der Waals surface area contributed by atoms with Crippen LogP contribution in [0.25, 0.3) is 17.2 Å². The zero-order valence-corrected chi connectivity index (χ0v) is 13.3. The Morgan fingerprint density at radius 2 is 1.96 bits per heavy atom. The Labute approximate surface area is 139 Å². The van der Waals surface area contributed by atoms with Crippen molar-refractivity contribution in [2.45, 2.75) is 13.0 Å². The number of hydrogen-bond acceptors (Lipinski definition) is 4. The van der Waals surface area contributed by atoms with E-state index in [1.165, 1.54) is 5.56 Å². The quantitative estimate of drug-likeness (QED) is 0.565. The van der Waals surface area contributed by atoms with E-state index < -0.39 is 0 Å². The van der Waals surface area contributed by atoms with Gasteiger partial charge in [-0.3, -0.25) is 4.68 Å². The monoisotopic (exact) mass is 319 g/mol. The Kier molecular flexibility index (Phi) is 3.66. The second-order valence-corrected chi connectivity index (χ2v) is 5.60. The zero-order chi connectivity index (χ0) is 16.4. The molecule has 7 heteroatoms.